The van der Waals surface area contributed by atoms with Crippen LogP contribution in [0.15, 0.2) is 48.5 Å². The maximum absolute atomic E-state index is 13.7. The highest BCUT2D eigenvalue weighted by molar-refractivity contribution is 5.90. The number of aromatic nitrogens is 3. The SMILES string of the molecule is CCC(=O)Nc1cccc(-n2nc(OC(C)C)nc2-c2cccc(F)c2)c1. The average Bonchev–Trinajstić information content (AvgIpc) is 3.05. The van der Waals surface area contributed by atoms with E-state index in [1.54, 1.807) is 41.9 Å². The molecular weight excluding hydrogens is 347 g/mol. The number of ether oxygens (including phenoxy) is 1. The Balaban J connectivity index is 2.07. The molecule has 0 fully saturated rings. The molecule has 0 spiro atoms. The van der Waals surface area contributed by atoms with Crippen molar-refractivity contribution < 1.29 is 13.9 Å². The van der Waals surface area contributed by atoms with E-state index in [1.165, 1.54) is 12.1 Å². The van der Waals surface area contributed by atoms with E-state index in [1.807, 2.05) is 19.9 Å². The van der Waals surface area contributed by atoms with Crippen molar-refractivity contribution in [2.45, 2.75) is 33.3 Å². The first-order valence-corrected chi connectivity index (χ1v) is 8.76. The number of nitrogens with zero attached hydrogens (tertiary/aromatic N) is 3. The van der Waals surface area contributed by atoms with Gasteiger partial charge >= 0.3 is 6.01 Å². The van der Waals surface area contributed by atoms with E-state index in [0.717, 1.165) is 0 Å². The lowest BCUT2D eigenvalue weighted by Crippen LogP contribution is -2.10. The number of carbonyl (C=O) groups is 1. The quantitative estimate of drug-likeness (QED) is 0.708. The number of carbonyl (C=O) groups excluding carboxylic acids is 1. The van der Waals surface area contributed by atoms with Crippen LogP contribution in [0, 0.1) is 5.82 Å². The number of hydrogen-bond acceptors (Lipinski definition) is 4. The molecular formula is C20H21FN4O2. The first-order valence-electron chi connectivity index (χ1n) is 8.76. The number of halogens is 1. The van der Waals surface area contributed by atoms with Crippen LogP contribution in [0.4, 0.5) is 10.1 Å². The fraction of sp³-hybridized carbons (Fsp3) is 0.250. The molecule has 0 aliphatic rings. The van der Waals surface area contributed by atoms with E-state index in [4.69, 9.17) is 4.74 Å². The third kappa shape index (κ3) is 4.49. The van der Waals surface area contributed by atoms with Crippen molar-refractivity contribution in [1.29, 1.82) is 0 Å². The van der Waals surface area contributed by atoms with Gasteiger partial charge in [0.15, 0.2) is 5.82 Å². The summed E-state index contributed by atoms with van der Waals surface area (Å²) in [5.74, 6) is 0.00128. The monoisotopic (exact) mass is 368 g/mol. The Morgan fingerprint density at radius 3 is 2.70 bits per heavy atom. The molecule has 0 radical (unpaired) electrons. The third-order valence-electron chi connectivity index (χ3n) is 3.71. The molecule has 3 aromatic rings. The Bertz CT molecular complexity index is 953. The summed E-state index contributed by atoms with van der Waals surface area (Å²) >= 11 is 0. The van der Waals surface area contributed by atoms with Gasteiger partial charge in [-0.2, -0.15) is 4.98 Å². The van der Waals surface area contributed by atoms with Gasteiger partial charge in [0.1, 0.15) is 5.82 Å². The van der Waals surface area contributed by atoms with E-state index in [0.29, 0.717) is 29.2 Å². The second-order valence-corrected chi connectivity index (χ2v) is 6.26. The predicted molar refractivity (Wildman–Crippen MR) is 101 cm³/mol. The minimum atomic E-state index is -0.364. The molecule has 27 heavy (non-hydrogen) atoms. The van der Waals surface area contributed by atoms with E-state index in [9.17, 15) is 9.18 Å². The Morgan fingerprint density at radius 2 is 2.00 bits per heavy atom. The van der Waals surface area contributed by atoms with Gasteiger partial charge in [0.2, 0.25) is 5.91 Å². The van der Waals surface area contributed by atoms with Gasteiger partial charge in [0, 0.05) is 17.7 Å². The molecule has 2 aromatic carbocycles. The molecule has 3 rings (SSSR count). The van der Waals surface area contributed by atoms with Gasteiger partial charge in [-0.25, -0.2) is 9.07 Å². The van der Waals surface area contributed by atoms with Gasteiger partial charge < -0.3 is 10.1 Å². The zero-order chi connectivity index (χ0) is 19.4. The second-order valence-electron chi connectivity index (χ2n) is 6.26. The van der Waals surface area contributed by atoms with Gasteiger partial charge in [-0.15, -0.1) is 5.10 Å². The van der Waals surface area contributed by atoms with Crippen LogP contribution in [-0.4, -0.2) is 26.8 Å². The van der Waals surface area contributed by atoms with E-state index < -0.39 is 0 Å². The Kier molecular flexibility index (Phi) is 5.49. The highest BCUT2D eigenvalue weighted by atomic mass is 19.1. The molecule has 0 bridgehead atoms. The molecule has 1 heterocycles. The summed E-state index contributed by atoms with van der Waals surface area (Å²) in [7, 11) is 0. The number of nitrogens with one attached hydrogen (secondary N) is 1. The van der Waals surface area contributed by atoms with Crippen LogP contribution < -0.4 is 10.1 Å². The Morgan fingerprint density at radius 1 is 1.22 bits per heavy atom. The number of amides is 1. The number of hydrogen-bond donors (Lipinski definition) is 1. The van der Waals surface area contributed by atoms with E-state index in [2.05, 4.69) is 15.4 Å². The van der Waals surface area contributed by atoms with E-state index >= 15 is 0 Å². The lowest BCUT2D eigenvalue weighted by molar-refractivity contribution is -0.115. The average molecular weight is 368 g/mol. The standard InChI is InChI=1S/C20H21FN4O2/c1-4-18(26)22-16-9-6-10-17(12-16)25-19(14-7-5-8-15(21)11-14)23-20(24-25)27-13(2)3/h5-13H,4H2,1-3H3,(H,22,26). The van der Waals surface area contributed by atoms with Crippen molar-refractivity contribution in [1.82, 2.24) is 14.8 Å². The van der Waals surface area contributed by atoms with Crippen molar-refractivity contribution in [2.75, 3.05) is 5.32 Å². The number of benzene rings is 2. The fourth-order valence-electron chi connectivity index (χ4n) is 2.51. The molecule has 0 saturated carbocycles. The second kappa shape index (κ2) is 7.99. The highest BCUT2D eigenvalue weighted by Gasteiger charge is 2.16. The summed E-state index contributed by atoms with van der Waals surface area (Å²) < 4.78 is 20.9. The third-order valence-corrected chi connectivity index (χ3v) is 3.71. The summed E-state index contributed by atoms with van der Waals surface area (Å²) in [5, 5.41) is 7.23. The molecule has 1 N–H and O–H groups in total. The molecule has 1 aromatic heterocycles. The topological polar surface area (TPSA) is 69.0 Å². The molecule has 0 aliphatic carbocycles. The van der Waals surface area contributed by atoms with Gasteiger partial charge in [-0.3, -0.25) is 4.79 Å². The van der Waals surface area contributed by atoms with Gasteiger partial charge in [-0.05, 0) is 44.2 Å². The number of anilines is 1. The van der Waals surface area contributed by atoms with Crippen LogP contribution in [-0.2, 0) is 4.79 Å². The largest absolute Gasteiger partial charge is 0.460 e. The van der Waals surface area contributed by atoms with Gasteiger partial charge in [0.05, 0.1) is 11.8 Å². The molecule has 0 atom stereocenters. The molecule has 0 aliphatic heterocycles. The van der Waals surface area contributed by atoms with Crippen molar-refractivity contribution in [3.05, 3.63) is 54.3 Å². The van der Waals surface area contributed by atoms with Crippen LogP contribution >= 0.6 is 0 Å². The lowest BCUT2D eigenvalue weighted by Gasteiger charge is -2.09. The first kappa shape index (κ1) is 18.6. The zero-order valence-corrected chi connectivity index (χ0v) is 15.4. The van der Waals surface area contributed by atoms with Gasteiger partial charge in [-0.1, -0.05) is 25.1 Å². The molecule has 140 valence electrons. The highest BCUT2D eigenvalue weighted by Crippen LogP contribution is 2.26. The summed E-state index contributed by atoms with van der Waals surface area (Å²) in [6.07, 6.45) is 0.283. The minimum Gasteiger partial charge on any atom is -0.460 e. The maximum Gasteiger partial charge on any atom is 0.336 e. The van der Waals surface area contributed by atoms with E-state index in [-0.39, 0.29) is 23.8 Å². The smallest absolute Gasteiger partial charge is 0.336 e. The molecule has 7 heteroatoms. The van der Waals surface area contributed by atoms with Crippen LogP contribution in [0.25, 0.3) is 17.1 Å². The molecule has 6 nitrogen and oxygen atoms in total. The first-order chi connectivity index (χ1) is 13.0. The van der Waals surface area contributed by atoms with Gasteiger partial charge in [0.25, 0.3) is 0 Å². The molecule has 1 amide bonds. The molecule has 0 saturated heterocycles. The summed E-state index contributed by atoms with van der Waals surface area (Å²) in [6.45, 7) is 5.54. The van der Waals surface area contributed by atoms with Crippen molar-refractivity contribution in [3.63, 3.8) is 0 Å². The number of rotatable bonds is 6. The fourth-order valence-corrected chi connectivity index (χ4v) is 2.51. The normalized spacial score (nSPS) is 10.9. The molecule has 0 unspecified atom stereocenters. The lowest BCUT2D eigenvalue weighted by atomic mass is 10.2. The zero-order valence-electron chi connectivity index (χ0n) is 15.4. The van der Waals surface area contributed by atoms with Crippen molar-refractivity contribution >= 4 is 11.6 Å². The van der Waals surface area contributed by atoms with Crippen LogP contribution in [0.5, 0.6) is 6.01 Å². The summed E-state index contributed by atoms with van der Waals surface area (Å²) in [5.41, 5.74) is 1.89. The Labute approximate surface area is 157 Å². The van der Waals surface area contributed by atoms with Crippen molar-refractivity contribution in [3.8, 4) is 23.1 Å². The predicted octanol–water partition coefficient (Wildman–Crippen LogP) is 4.21. The Hall–Kier alpha value is -3.22. The maximum atomic E-state index is 13.7. The van der Waals surface area contributed by atoms with Crippen LogP contribution in [0.2, 0.25) is 0 Å². The summed E-state index contributed by atoms with van der Waals surface area (Å²) in [6, 6.07) is 13.5. The van der Waals surface area contributed by atoms with Crippen molar-refractivity contribution in [2.24, 2.45) is 0 Å². The summed E-state index contributed by atoms with van der Waals surface area (Å²) in [4.78, 5) is 16.1. The van der Waals surface area contributed by atoms with Crippen LogP contribution in [0.3, 0.4) is 0 Å². The van der Waals surface area contributed by atoms with Crippen LogP contribution in [0.1, 0.15) is 27.2 Å². The minimum absolute atomic E-state index is 0.0834.